The van der Waals surface area contributed by atoms with Crippen LogP contribution in [0.15, 0.2) is 53.3 Å². The van der Waals surface area contributed by atoms with Gasteiger partial charge >= 0.3 is 0 Å². The molecule has 21 heavy (non-hydrogen) atoms. The topological polar surface area (TPSA) is 12.9 Å². The van der Waals surface area contributed by atoms with Gasteiger partial charge in [0.1, 0.15) is 10.4 Å². The fourth-order valence-corrected chi connectivity index (χ4v) is 3.39. The van der Waals surface area contributed by atoms with Crippen LogP contribution >= 0.6 is 15.9 Å². The maximum Gasteiger partial charge on any atom is 0.133 e. The molecule has 1 heterocycles. The summed E-state index contributed by atoms with van der Waals surface area (Å²) >= 11 is 3.48. The molecule has 102 valence electrons. The van der Waals surface area contributed by atoms with Crippen molar-refractivity contribution in [2.45, 2.75) is 6.92 Å². The first kappa shape index (κ1) is 12.7. The Kier molecular flexibility index (Phi) is 2.73. The first-order chi connectivity index (χ1) is 10.2. The number of benzene rings is 3. The van der Waals surface area contributed by atoms with E-state index in [1.165, 1.54) is 0 Å². The third kappa shape index (κ3) is 1.77. The van der Waals surface area contributed by atoms with E-state index in [2.05, 4.69) is 20.9 Å². The summed E-state index contributed by atoms with van der Waals surface area (Å²) in [5.41, 5.74) is 0.676. The molecule has 1 nitrogen and oxygen atoms in total. The van der Waals surface area contributed by atoms with E-state index in [1.54, 1.807) is 13.1 Å². The SMILES string of the molecule is Cc1ccc2c(ccc3c4ccnc(Br)c4ccc23)c1F. The highest BCUT2D eigenvalue weighted by Crippen LogP contribution is 2.34. The molecule has 0 saturated carbocycles. The Labute approximate surface area is 129 Å². The molecule has 3 aromatic carbocycles. The van der Waals surface area contributed by atoms with Crippen LogP contribution in [0.5, 0.6) is 0 Å². The molecule has 0 N–H and O–H groups in total. The lowest BCUT2D eigenvalue weighted by atomic mass is 9.97. The van der Waals surface area contributed by atoms with E-state index in [9.17, 15) is 4.39 Å². The highest BCUT2D eigenvalue weighted by Gasteiger charge is 2.10. The van der Waals surface area contributed by atoms with Crippen molar-refractivity contribution in [3.63, 3.8) is 0 Å². The van der Waals surface area contributed by atoms with Crippen LogP contribution in [0.25, 0.3) is 32.3 Å². The van der Waals surface area contributed by atoms with Gasteiger partial charge in [0.2, 0.25) is 0 Å². The zero-order valence-electron chi connectivity index (χ0n) is 11.3. The molecule has 0 amide bonds. The summed E-state index contributed by atoms with van der Waals surface area (Å²) in [6.45, 7) is 1.79. The van der Waals surface area contributed by atoms with Crippen LogP contribution in [0.4, 0.5) is 4.39 Å². The molecule has 0 atom stereocenters. The zero-order chi connectivity index (χ0) is 14.6. The fraction of sp³-hybridized carbons (Fsp3) is 0.0556. The Morgan fingerprint density at radius 1 is 0.762 bits per heavy atom. The predicted molar refractivity (Wildman–Crippen MR) is 89.2 cm³/mol. The lowest BCUT2D eigenvalue weighted by molar-refractivity contribution is 0.631. The average molecular weight is 340 g/mol. The summed E-state index contributed by atoms with van der Waals surface area (Å²) in [4.78, 5) is 4.26. The van der Waals surface area contributed by atoms with Gasteiger partial charge in [0.25, 0.3) is 0 Å². The number of hydrogen-bond donors (Lipinski definition) is 0. The van der Waals surface area contributed by atoms with Gasteiger partial charge in [-0.05, 0) is 56.0 Å². The first-order valence-corrected chi connectivity index (χ1v) is 7.51. The smallest absolute Gasteiger partial charge is 0.133 e. The van der Waals surface area contributed by atoms with Crippen molar-refractivity contribution in [1.29, 1.82) is 0 Å². The van der Waals surface area contributed by atoms with Gasteiger partial charge in [-0.15, -0.1) is 0 Å². The number of fused-ring (bicyclic) bond motifs is 5. The quantitative estimate of drug-likeness (QED) is 0.293. The number of aryl methyl sites for hydroxylation is 1. The second-order valence-electron chi connectivity index (χ2n) is 5.21. The van der Waals surface area contributed by atoms with E-state index in [0.29, 0.717) is 10.9 Å². The predicted octanol–water partition coefficient (Wildman–Crippen LogP) is 5.75. The lowest BCUT2D eigenvalue weighted by Crippen LogP contribution is -1.87. The maximum absolute atomic E-state index is 14.3. The van der Waals surface area contributed by atoms with Crippen molar-refractivity contribution in [3.8, 4) is 0 Å². The van der Waals surface area contributed by atoms with E-state index in [4.69, 9.17) is 0 Å². The third-order valence-corrected chi connectivity index (χ3v) is 4.65. The Bertz CT molecular complexity index is 1020. The van der Waals surface area contributed by atoms with E-state index in [1.807, 2.05) is 42.5 Å². The zero-order valence-corrected chi connectivity index (χ0v) is 12.9. The number of nitrogens with zero attached hydrogens (tertiary/aromatic N) is 1. The van der Waals surface area contributed by atoms with Gasteiger partial charge in [0.15, 0.2) is 0 Å². The molecule has 0 spiro atoms. The van der Waals surface area contributed by atoms with Crippen LogP contribution in [0.2, 0.25) is 0 Å². The molecule has 0 radical (unpaired) electrons. The Balaban J connectivity index is 2.26. The van der Waals surface area contributed by atoms with Crippen LogP contribution < -0.4 is 0 Å². The number of pyridine rings is 1. The molecule has 1 aromatic heterocycles. The molecule has 0 bridgehead atoms. The van der Waals surface area contributed by atoms with Crippen molar-refractivity contribution in [3.05, 3.63) is 64.6 Å². The van der Waals surface area contributed by atoms with Crippen molar-refractivity contribution in [2.24, 2.45) is 0 Å². The van der Waals surface area contributed by atoms with Crippen LogP contribution in [0, 0.1) is 12.7 Å². The molecule has 3 heteroatoms. The molecular formula is C18H11BrFN. The van der Waals surface area contributed by atoms with Gasteiger partial charge in [-0.1, -0.05) is 36.4 Å². The number of hydrogen-bond acceptors (Lipinski definition) is 1. The van der Waals surface area contributed by atoms with Crippen molar-refractivity contribution >= 4 is 48.2 Å². The van der Waals surface area contributed by atoms with E-state index in [0.717, 1.165) is 31.5 Å². The normalized spacial score (nSPS) is 11.6. The molecule has 0 fully saturated rings. The summed E-state index contributed by atoms with van der Waals surface area (Å²) in [6.07, 6.45) is 1.78. The van der Waals surface area contributed by atoms with Crippen molar-refractivity contribution in [1.82, 2.24) is 4.98 Å². The molecule has 0 unspecified atom stereocenters. The van der Waals surface area contributed by atoms with Crippen LogP contribution in [0.3, 0.4) is 0 Å². The van der Waals surface area contributed by atoms with Gasteiger partial charge in [0.05, 0.1) is 0 Å². The van der Waals surface area contributed by atoms with Gasteiger partial charge in [-0.2, -0.15) is 0 Å². The molecule has 4 aromatic rings. The summed E-state index contributed by atoms with van der Waals surface area (Å²) < 4.78 is 15.1. The summed E-state index contributed by atoms with van der Waals surface area (Å²) in [7, 11) is 0. The fourth-order valence-electron chi connectivity index (χ4n) is 2.92. The summed E-state index contributed by atoms with van der Waals surface area (Å²) in [5.74, 6) is -0.134. The Morgan fingerprint density at radius 2 is 1.29 bits per heavy atom. The van der Waals surface area contributed by atoms with Crippen LogP contribution in [-0.2, 0) is 0 Å². The minimum Gasteiger partial charge on any atom is -0.249 e. The molecule has 0 aliphatic rings. The standard InChI is InChI=1S/C18H11BrFN/c1-10-2-3-13-11-5-7-16-14(8-9-21-18(16)19)12(11)4-6-15(13)17(10)20/h2-9H,1H3. The maximum atomic E-state index is 14.3. The van der Waals surface area contributed by atoms with Crippen LogP contribution in [0.1, 0.15) is 5.56 Å². The molecule has 4 rings (SSSR count). The molecule has 0 aliphatic carbocycles. The number of halogens is 2. The van der Waals surface area contributed by atoms with Gasteiger partial charge in [-0.25, -0.2) is 9.37 Å². The number of aromatic nitrogens is 1. The second kappa shape index (κ2) is 4.50. The Morgan fingerprint density at radius 3 is 2.05 bits per heavy atom. The second-order valence-corrected chi connectivity index (χ2v) is 5.97. The van der Waals surface area contributed by atoms with Gasteiger partial charge in [-0.3, -0.25) is 0 Å². The van der Waals surface area contributed by atoms with E-state index >= 15 is 0 Å². The van der Waals surface area contributed by atoms with Crippen LogP contribution in [-0.4, -0.2) is 4.98 Å². The van der Waals surface area contributed by atoms with Gasteiger partial charge < -0.3 is 0 Å². The largest absolute Gasteiger partial charge is 0.249 e. The minimum atomic E-state index is -0.134. The highest BCUT2D eigenvalue weighted by atomic mass is 79.9. The van der Waals surface area contributed by atoms with E-state index in [-0.39, 0.29) is 5.82 Å². The molecular weight excluding hydrogens is 329 g/mol. The van der Waals surface area contributed by atoms with Crippen molar-refractivity contribution < 1.29 is 4.39 Å². The molecule has 0 saturated heterocycles. The van der Waals surface area contributed by atoms with Gasteiger partial charge in [0, 0.05) is 17.0 Å². The monoisotopic (exact) mass is 339 g/mol. The first-order valence-electron chi connectivity index (χ1n) is 6.71. The number of rotatable bonds is 0. The minimum absolute atomic E-state index is 0.134. The third-order valence-electron chi connectivity index (χ3n) is 4.02. The average Bonchev–Trinajstić information content (AvgIpc) is 2.50. The summed E-state index contributed by atoms with van der Waals surface area (Å²) in [6, 6.07) is 13.8. The lowest BCUT2D eigenvalue weighted by Gasteiger charge is -2.09. The van der Waals surface area contributed by atoms with Crippen molar-refractivity contribution in [2.75, 3.05) is 0 Å². The summed E-state index contributed by atoms with van der Waals surface area (Å²) in [5, 5.41) is 6.00. The van der Waals surface area contributed by atoms with E-state index < -0.39 is 0 Å². The Hall–Kier alpha value is -2.00. The molecule has 0 aliphatic heterocycles. The highest BCUT2D eigenvalue weighted by molar-refractivity contribution is 9.10.